The first-order valence-electron chi connectivity index (χ1n) is 14.1. The Morgan fingerprint density at radius 3 is 1.25 bits per heavy atom. The third-order valence-corrected chi connectivity index (χ3v) is 5.07. The second kappa shape index (κ2) is 24.4. The summed E-state index contributed by atoms with van der Waals surface area (Å²) in [6.45, 7) is 20.6. The van der Waals surface area contributed by atoms with Crippen LogP contribution in [0.15, 0.2) is 49.0 Å². The number of alkyl carbamates (subject to hydrolysis) is 2. The standard InChI is InChI=1S/C30H48N2O12/c1-21(2)27(33)39-17-26(18-40-28(34)22(3)4)44-30(36)32-14-12-10-9-11-13-31-29(35)43-25(15-37-19-41-23(5)6)16-38-20-42-24(7)8/h25-26H,1,3,5,7,9-20H2,2,4,6,8H3,(H,31,35)(H,32,36). The van der Waals surface area contributed by atoms with Gasteiger partial charge in [0.15, 0.2) is 25.8 Å². The van der Waals surface area contributed by atoms with E-state index in [4.69, 9.17) is 37.9 Å². The van der Waals surface area contributed by atoms with E-state index in [-0.39, 0.29) is 51.2 Å². The summed E-state index contributed by atoms with van der Waals surface area (Å²) in [5.74, 6) is -0.337. The Hall–Kier alpha value is -4.04. The quantitative estimate of drug-likeness (QED) is 0.0373. The molecule has 2 amide bonds. The first-order valence-corrected chi connectivity index (χ1v) is 14.1. The molecule has 0 fully saturated rings. The minimum Gasteiger partial charge on any atom is -0.473 e. The van der Waals surface area contributed by atoms with E-state index in [0.717, 1.165) is 12.8 Å². The Kier molecular flexibility index (Phi) is 22.2. The van der Waals surface area contributed by atoms with Gasteiger partial charge in [0, 0.05) is 24.2 Å². The molecule has 0 aromatic rings. The molecule has 0 saturated carbocycles. The number of carbonyl (C=O) groups is 4. The molecule has 0 aliphatic carbocycles. The summed E-state index contributed by atoms with van der Waals surface area (Å²) in [6, 6.07) is 0. The number of hydrogen-bond donors (Lipinski definition) is 2. The minimum absolute atomic E-state index is 0.0397. The molecule has 0 heterocycles. The molecule has 0 saturated heterocycles. The van der Waals surface area contributed by atoms with Crippen molar-refractivity contribution in [3.05, 3.63) is 49.0 Å². The molecule has 0 rings (SSSR count). The zero-order chi connectivity index (χ0) is 33.3. The van der Waals surface area contributed by atoms with Crippen LogP contribution in [-0.4, -0.2) is 89.4 Å². The fourth-order valence-electron chi connectivity index (χ4n) is 2.83. The van der Waals surface area contributed by atoms with E-state index in [1.165, 1.54) is 13.8 Å². The number of ether oxygens (including phenoxy) is 8. The van der Waals surface area contributed by atoms with Crippen LogP contribution in [-0.2, 0) is 47.5 Å². The van der Waals surface area contributed by atoms with E-state index >= 15 is 0 Å². The van der Waals surface area contributed by atoms with Gasteiger partial charge in [0.25, 0.3) is 0 Å². The van der Waals surface area contributed by atoms with Gasteiger partial charge < -0.3 is 48.5 Å². The van der Waals surface area contributed by atoms with Crippen molar-refractivity contribution in [1.29, 1.82) is 0 Å². The van der Waals surface area contributed by atoms with E-state index in [2.05, 4.69) is 36.9 Å². The minimum atomic E-state index is -1.01. The summed E-state index contributed by atoms with van der Waals surface area (Å²) in [5, 5.41) is 5.28. The van der Waals surface area contributed by atoms with Gasteiger partial charge in [0.05, 0.1) is 24.7 Å². The van der Waals surface area contributed by atoms with Crippen LogP contribution >= 0.6 is 0 Å². The van der Waals surface area contributed by atoms with Crippen LogP contribution in [0, 0.1) is 0 Å². The second-order valence-electron chi connectivity index (χ2n) is 9.75. The second-order valence-corrected chi connectivity index (χ2v) is 9.75. The summed E-state index contributed by atoms with van der Waals surface area (Å²) in [5.41, 5.74) is 0.349. The van der Waals surface area contributed by atoms with Gasteiger partial charge >= 0.3 is 24.1 Å². The normalized spacial score (nSPS) is 10.4. The maximum atomic E-state index is 12.2. The van der Waals surface area contributed by atoms with Crippen LogP contribution in [0.4, 0.5) is 9.59 Å². The summed E-state index contributed by atoms with van der Waals surface area (Å²) < 4.78 is 41.6. The zero-order valence-corrected chi connectivity index (χ0v) is 26.4. The van der Waals surface area contributed by atoms with Gasteiger partial charge in [-0.2, -0.15) is 0 Å². The first kappa shape index (κ1) is 40.0. The van der Waals surface area contributed by atoms with E-state index < -0.39 is 36.3 Å². The van der Waals surface area contributed by atoms with Crippen LogP contribution in [0.25, 0.3) is 0 Å². The van der Waals surface area contributed by atoms with Gasteiger partial charge in [0.1, 0.15) is 13.2 Å². The van der Waals surface area contributed by atoms with Crippen LogP contribution in [0.1, 0.15) is 53.4 Å². The van der Waals surface area contributed by atoms with E-state index in [9.17, 15) is 19.2 Å². The number of carbonyl (C=O) groups excluding carboxylic acids is 4. The molecule has 0 aliphatic rings. The van der Waals surface area contributed by atoms with Crippen LogP contribution in [0.5, 0.6) is 0 Å². The lowest BCUT2D eigenvalue weighted by Gasteiger charge is -2.19. The van der Waals surface area contributed by atoms with Crippen LogP contribution < -0.4 is 10.6 Å². The Bertz CT molecular complexity index is 914. The molecule has 2 N–H and O–H groups in total. The number of amides is 2. The number of unbranched alkanes of at least 4 members (excludes halogenated alkanes) is 3. The van der Waals surface area contributed by atoms with Crippen molar-refractivity contribution in [3.8, 4) is 0 Å². The third kappa shape index (κ3) is 23.5. The highest BCUT2D eigenvalue weighted by Gasteiger charge is 2.20. The van der Waals surface area contributed by atoms with Gasteiger partial charge in [-0.3, -0.25) is 0 Å². The van der Waals surface area contributed by atoms with Crippen molar-refractivity contribution < 1.29 is 57.1 Å². The number of allylic oxidation sites excluding steroid dienone is 2. The van der Waals surface area contributed by atoms with E-state index in [1.807, 2.05) is 0 Å². The SMILES string of the molecule is C=C(C)OCOCC(COCOC(=C)C)OC(=O)NCCCCCCNC(=O)OC(COC(=O)C(=C)C)COC(=O)C(=C)C. The monoisotopic (exact) mass is 628 g/mol. The molecule has 0 aromatic heterocycles. The van der Waals surface area contributed by atoms with Crippen molar-refractivity contribution >= 4 is 24.1 Å². The average Bonchev–Trinajstić information content (AvgIpc) is 2.95. The lowest BCUT2D eigenvalue weighted by molar-refractivity contribution is -0.147. The van der Waals surface area contributed by atoms with Crippen molar-refractivity contribution in [1.82, 2.24) is 10.6 Å². The molecular formula is C30H48N2O12. The topological polar surface area (TPSA) is 166 Å². The number of nitrogens with one attached hydrogen (secondary N) is 2. The summed E-state index contributed by atoms with van der Waals surface area (Å²) >= 11 is 0. The van der Waals surface area contributed by atoms with Crippen molar-refractivity contribution in [2.45, 2.75) is 65.6 Å². The van der Waals surface area contributed by atoms with E-state index in [1.54, 1.807) is 13.8 Å². The third-order valence-electron chi connectivity index (χ3n) is 5.07. The highest BCUT2D eigenvalue weighted by atomic mass is 16.7. The molecule has 0 atom stereocenters. The molecule has 0 aromatic carbocycles. The first-order chi connectivity index (χ1) is 20.8. The smallest absolute Gasteiger partial charge is 0.407 e. The Morgan fingerprint density at radius 1 is 0.545 bits per heavy atom. The summed E-state index contributed by atoms with van der Waals surface area (Å²) in [7, 11) is 0. The zero-order valence-electron chi connectivity index (χ0n) is 26.4. The fraction of sp³-hybridized carbons (Fsp3) is 0.600. The van der Waals surface area contributed by atoms with Crippen molar-refractivity contribution in [2.75, 3.05) is 53.1 Å². The molecule has 0 radical (unpaired) electrons. The summed E-state index contributed by atoms with van der Waals surface area (Å²) in [4.78, 5) is 47.7. The largest absolute Gasteiger partial charge is 0.473 e. The maximum absolute atomic E-state index is 12.2. The highest BCUT2D eigenvalue weighted by molar-refractivity contribution is 5.87. The number of hydrogen-bond acceptors (Lipinski definition) is 12. The summed E-state index contributed by atoms with van der Waals surface area (Å²) in [6.07, 6.45) is -0.210. The lowest BCUT2D eigenvalue weighted by atomic mass is 10.2. The molecule has 0 aliphatic heterocycles. The number of esters is 2. The Morgan fingerprint density at radius 2 is 0.909 bits per heavy atom. The fourth-order valence-corrected chi connectivity index (χ4v) is 2.83. The van der Waals surface area contributed by atoms with Gasteiger partial charge in [-0.25, -0.2) is 19.2 Å². The molecule has 14 heteroatoms. The maximum Gasteiger partial charge on any atom is 0.407 e. The van der Waals surface area contributed by atoms with Crippen molar-refractivity contribution in [3.63, 3.8) is 0 Å². The predicted molar refractivity (Wildman–Crippen MR) is 160 cm³/mol. The molecule has 250 valence electrons. The van der Waals surface area contributed by atoms with Crippen LogP contribution in [0.3, 0.4) is 0 Å². The van der Waals surface area contributed by atoms with Gasteiger partial charge in [0.2, 0.25) is 0 Å². The van der Waals surface area contributed by atoms with Gasteiger partial charge in [-0.15, -0.1) is 0 Å². The molecule has 44 heavy (non-hydrogen) atoms. The molecule has 0 spiro atoms. The van der Waals surface area contributed by atoms with Gasteiger partial charge in [-0.1, -0.05) is 39.2 Å². The molecule has 0 bridgehead atoms. The highest BCUT2D eigenvalue weighted by Crippen LogP contribution is 2.04. The molecule has 14 nitrogen and oxygen atoms in total. The predicted octanol–water partition coefficient (Wildman–Crippen LogP) is 4.02. The number of rotatable bonds is 25. The Labute approximate surface area is 259 Å². The van der Waals surface area contributed by atoms with Crippen LogP contribution in [0.2, 0.25) is 0 Å². The lowest BCUT2D eigenvalue weighted by Crippen LogP contribution is -2.36. The van der Waals surface area contributed by atoms with E-state index in [0.29, 0.717) is 37.4 Å². The molecule has 0 unspecified atom stereocenters. The average molecular weight is 629 g/mol. The Balaban J connectivity index is 4.31. The van der Waals surface area contributed by atoms with Gasteiger partial charge in [-0.05, 0) is 40.5 Å². The van der Waals surface area contributed by atoms with Crippen molar-refractivity contribution in [2.24, 2.45) is 0 Å². The molecular weight excluding hydrogens is 580 g/mol.